The summed E-state index contributed by atoms with van der Waals surface area (Å²) in [6.07, 6.45) is 2.69. The van der Waals surface area contributed by atoms with Gasteiger partial charge < -0.3 is 10.6 Å². The van der Waals surface area contributed by atoms with E-state index in [1.54, 1.807) is 0 Å². The van der Waals surface area contributed by atoms with Gasteiger partial charge in [0.15, 0.2) is 0 Å². The monoisotopic (exact) mass is 199 g/mol. The summed E-state index contributed by atoms with van der Waals surface area (Å²) in [5.41, 5.74) is 0. The Morgan fingerprint density at radius 1 is 0.857 bits per heavy atom. The van der Waals surface area contributed by atoms with Crippen molar-refractivity contribution in [3.63, 3.8) is 0 Å². The molecule has 0 aromatic rings. The van der Waals surface area contributed by atoms with E-state index in [4.69, 9.17) is 0 Å². The Bertz CT molecular complexity index is 110. The van der Waals surface area contributed by atoms with E-state index in [2.05, 4.69) is 15.5 Å². The van der Waals surface area contributed by atoms with Crippen LogP contribution in [0.3, 0.4) is 0 Å². The Labute approximate surface area is 88.2 Å². The fraction of sp³-hybridized carbons (Fsp3) is 1.00. The van der Waals surface area contributed by atoms with Crippen LogP contribution in [0, 0.1) is 0 Å². The number of nitrogens with zero attached hydrogens (tertiary/aromatic N) is 1. The second kappa shape index (κ2) is 7.21. The maximum Gasteiger partial charge on any atom is 0.0120 e. The lowest BCUT2D eigenvalue weighted by Crippen LogP contribution is -2.51. The zero-order chi connectivity index (χ0) is 10.2. The fourth-order valence-corrected chi connectivity index (χ4v) is 2.22. The molecule has 0 aliphatic carbocycles. The van der Waals surface area contributed by atoms with Gasteiger partial charge in [-0.1, -0.05) is 13.8 Å². The van der Waals surface area contributed by atoms with Crippen molar-refractivity contribution in [3.05, 3.63) is 0 Å². The molecule has 0 aromatic heterocycles. The van der Waals surface area contributed by atoms with E-state index < -0.39 is 0 Å². The highest BCUT2D eigenvalue weighted by atomic mass is 15.2. The molecule has 2 aliphatic rings. The minimum atomic E-state index is 0.869. The van der Waals surface area contributed by atoms with E-state index >= 15 is 0 Å². The largest absolute Gasteiger partial charge is 0.317 e. The second-order valence-electron chi connectivity index (χ2n) is 3.77. The standard InChI is InChI=1S/C9H19N3.C2H6/c1-3-10-4-2-9(1)12-7-5-11-6-8-12;1-2/h9-11H,1-8H2;1-2H3. The maximum absolute atomic E-state index is 3.41. The molecule has 2 heterocycles. The van der Waals surface area contributed by atoms with E-state index in [1.165, 1.54) is 52.1 Å². The van der Waals surface area contributed by atoms with Crippen LogP contribution in [0.15, 0.2) is 0 Å². The number of hydrogen-bond acceptors (Lipinski definition) is 3. The summed E-state index contributed by atoms with van der Waals surface area (Å²) >= 11 is 0. The van der Waals surface area contributed by atoms with Gasteiger partial charge in [0.25, 0.3) is 0 Å². The quantitative estimate of drug-likeness (QED) is 0.650. The molecule has 2 N–H and O–H groups in total. The molecule has 2 aliphatic heterocycles. The predicted molar refractivity (Wildman–Crippen MR) is 61.7 cm³/mol. The molecule has 0 unspecified atom stereocenters. The molecule has 0 radical (unpaired) electrons. The van der Waals surface area contributed by atoms with Crippen LogP contribution in [-0.4, -0.2) is 50.2 Å². The lowest BCUT2D eigenvalue weighted by atomic mass is 10.0. The van der Waals surface area contributed by atoms with Crippen LogP contribution < -0.4 is 10.6 Å². The predicted octanol–water partition coefficient (Wildman–Crippen LogP) is 0.670. The lowest BCUT2D eigenvalue weighted by Gasteiger charge is -2.37. The van der Waals surface area contributed by atoms with Crippen LogP contribution in [0.5, 0.6) is 0 Å². The van der Waals surface area contributed by atoms with Gasteiger partial charge in [0, 0.05) is 32.2 Å². The van der Waals surface area contributed by atoms with Gasteiger partial charge >= 0.3 is 0 Å². The number of nitrogens with one attached hydrogen (secondary N) is 2. The van der Waals surface area contributed by atoms with Crippen molar-refractivity contribution in [2.75, 3.05) is 39.3 Å². The highest BCUT2D eigenvalue weighted by Gasteiger charge is 2.21. The molecule has 0 bridgehead atoms. The van der Waals surface area contributed by atoms with Gasteiger partial charge in [0.2, 0.25) is 0 Å². The first-order valence-electron chi connectivity index (χ1n) is 6.12. The zero-order valence-electron chi connectivity index (χ0n) is 9.68. The molecule has 0 spiro atoms. The summed E-state index contributed by atoms with van der Waals surface area (Å²) in [7, 11) is 0. The summed E-state index contributed by atoms with van der Waals surface area (Å²) in [4.78, 5) is 2.65. The summed E-state index contributed by atoms with van der Waals surface area (Å²) in [5.74, 6) is 0. The van der Waals surface area contributed by atoms with Crippen LogP contribution in [0.4, 0.5) is 0 Å². The van der Waals surface area contributed by atoms with Crippen molar-refractivity contribution in [2.24, 2.45) is 0 Å². The van der Waals surface area contributed by atoms with Crippen molar-refractivity contribution >= 4 is 0 Å². The molecule has 14 heavy (non-hydrogen) atoms. The highest BCUT2D eigenvalue weighted by Crippen LogP contribution is 2.11. The Morgan fingerprint density at radius 2 is 1.36 bits per heavy atom. The van der Waals surface area contributed by atoms with E-state index in [1.807, 2.05) is 13.8 Å². The summed E-state index contributed by atoms with van der Waals surface area (Å²) < 4.78 is 0. The van der Waals surface area contributed by atoms with E-state index in [9.17, 15) is 0 Å². The van der Waals surface area contributed by atoms with E-state index in [0.717, 1.165) is 6.04 Å². The molecule has 2 saturated heterocycles. The third kappa shape index (κ3) is 3.56. The molecular weight excluding hydrogens is 174 g/mol. The van der Waals surface area contributed by atoms with Crippen molar-refractivity contribution < 1.29 is 0 Å². The van der Waals surface area contributed by atoms with Crippen molar-refractivity contribution in [1.82, 2.24) is 15.5 Å². The first kappa shape index (κ1) is 12.0. The molecule has 0 amide bonds. The Hall–Kier alpha value is -0.120. The number of hydrogen-bond donors (Lipinski definition) is 2. The minimum absolute atomic E-state index is 0.869. The number of piperazine rings is 1. The summed E-state index contributed by atoms with van der Waals surface area (Å²) in [5, 5.41) is 6.81. The van der Waals surface area contributed by atoms with E-state index in [0.29, 0.717) is 0 Å². The van der Waals surface area contributed by atoms with Crippen LogP contribution in [0.25, 0.3) is 0 Å². The highest BCUT2D eigenvalue weighted by molar-refractivity contribution is 4.80. The van der Waals surface area contributed by atoms with Crippen molar-refractivity contribution in [3.8, 4) is 0 Å². The fourth-order valence-electron chi connectivity index (χ4n) is 2.22. The van der Waals surface area contributed by atoms with Gasteiger partial charge in [0.05, 0.1) is 0 Å². The average molecular weight is 199 g/mol. The van der Waals surface area contributed by atoms with E-state index in [-0.39, 0.29) is 0 Å². The molecule has 0 atom stereocenters. The summed E-state index contributed by atoms with van der Waals surface area (Å²) in [6.45, 7) is 11.3. The Balaban J connectivity index is 0.000000461. The molecule has 0 saturated carbocycles. The van der Waals surface area contributed by atoms with Gasteiger partial charge in [0.1, 0.15) is 0 Å². The van der Waals surface area contributed by atoms with Gasteiger partial charge in [-0.2, -0.15) is 0 Å². The summed E-state index contributed by atoms with van der Waals surface area (Å²) in [6, 6.07) is 0.869. The lowest BCUT2D eigenvalue weighted by molar-refractivity contribution is 0.144. The molecule has 2 fully saturated rings. The Kier molecular flexibility index (Phi) is 6.15. The molecular formula is C11H25N3. The normalized spacial score (nSPS) is 25.3. The second-order valence-corrected chi connectivity index (χ2v) is 3.77. The molecule has 2 rings (SSSR count). The number of piperidine rings is 1. The molecule has 84 valence electrons. The van der Waals surface area contributed by atoms with Gasteiger partial charge in [-0.3, -0.25) is 4.90 Å². The SMILES string of the molecule is C1CC(N2CCNCC2)CCN1.CC. The topological polar surface area (TPSA) is 27.3 Å². The first-order valence-corrected chi connectivity index (χ1v) is 6.12. The minimum Gasteiger partial charge on any atom is -0.317 e. The average Bonchev–Trinajstić information content (AvgIpc) is 2.34. The maximum atomic E-state index is 3.41. The third-order valence-corrected chi connectivity index (χ3v) is 2.98. The third-order valence-electron chi connectivity index (χ3n) is 2.98. The molecule has 3 nitrogen and oxygen atoms in total. The first-order chi connectivity index (χ1) is 6.97. The Morgan fingerprint density at radius 3 is 1.93 bits per heavy atom. The smallest absolute Gasteiger partial charge is 0.0120 e. The van der Waals surface area contributed by atoms with Crippen LogP contribution >= 0.6 is 0 Å². The van der Waals surface area contributed by atoms with Gasteiger partial charge in [-0.25, -0.2) is 0 Å². The molecule has 0 aromatic carbocycles. The van der Waals surface area contributed by atoms with Gasteiger partial charge in [-0.05, 0) is 25.9 Å². The van der Waals surface area contributed by atoms with Crippen LogP contribution in [0.2, 0.25) is 0 Å². The number of rotatable bonds is 1. The van der Waals surface area contributed by atoms with Gasteiger partial charge in [-0.15, -0.1) is 0 Å². The van der Waals surface area contributed by atoms with Crippen molar-refractivity contribution in [1.29, 1.82) is 0 Å². The molecule has 3 heteroatoms. The zero-order valence-corrected chi connectivity index (χ0v) is 9.68. The van der Waals surface area contributed by atoms with Crippen LogP contribution in [-0.2, 0) is 0 Å². The van der Waals surface area contributed by atoms with Crippen LogP contribution in [0.1, 0.15) is 26.7 Å². The van der Waals surface area contributed by atoms with Crippen molar-refractivity contribution in [2.45, 2.75) is 32.7 Å².